The van der Waals surface area contributed by atoms with E-state index < -0.39 is 21.7 Å². The summed E-state index contributed by atoms with van der Waals surface area (Å²) < 4.78 is 25.4. The Morgan fingerprint density at radius 3 is 2.46 bits per heavy atom. The minimum Gasteiger partial charge on any atom is -0.481 e. The number of nitriles is 1. The first-order valence-electron chi connectivity index (χ1n) is 8.51. The summed E-state index contributed by atoms with van der Waals surface area (Å²) in [5.74, 6) is -2.06. The van der Waals surface area contributed by atoms with Gasteiger partial charge in [0.05, 0.1) is 23.1 Å². The van der Waals surface area contributed by atoms with Crippen molar-refractivity contribution in [1.29, 1.82) is 5.26 Å². The van der Waals surface area contributed by atoms with Gasteiger partial charge >= 0.3 is 5.97 Å². The summed E-state index contributed by atoms with van der Waals surface area (Å²) in [4.78, 5) is 23.1. The maximum absolute atomic E-state index is 12.7. The number of carboxylic acid groups (broad SMARTS) is 1. The largest absolute Gasteiger partial charge is 0.481 e. The van der Waals surface area contributed by atoms with E-state index in [-0.39, 0.29) is 35.4 Å². The van der Waals surface area contributed by atoms with Crippen molar-refractivity contribution in [2.45, 2.75) is 37.0 Å². The van der Waals surface area contributed by atoms with Gasteiger partial charge in [-0.3, -0.25) is 9.59 Å². The molecule has 0 aromatic heterocycles. The zero-order valence-corrected chi connectivity index (χ0v) is 15.2. The fourth-order valence-corrected chi connectivity index (χ4v) is 5.08. The lowest BCUT2D eigenvalue weighted by Crippen LogP contribution is -2.39. The molecule has 1 saturated carbocycles. The average Bonchev–Trinajstić information content (AvgIpc) is 2.59. The molecule has 1 aliphatic rings. The molecule has 2 N–H and O–H groups in total. The van der Waals surface area contributed by atoms with Crippen LogP contribution in [0.3, 0.4) is 0 Å². The van der Waals surface area contributed by atoms with Crippen LogP contribution >= 0.6 is 0 Å². The van der Waals surface area contributed by atoms with Crippen LogP contribution in [0.4, 0.5) is 0 Å². The van der Waals surface area contributed by atoms with Crippen LogP contribution in [0, 0.1) is 23.2 Å². The molecule has 1 aromatic rings. The molecule has 26 heavy (non-hydrogen) atoms. The predicted octanol–water partition coefficient (Wildman–Crippen LogP) is 1.53. The van der Waals surface area contributed by atoms with Gasteiger partial charge in [0.2, 0.25) is 5.91 Å². The highest BCUT2D eigenvalue weighted by Crippen LogP contribution is 2.32. The minimum absolute atomic E-state index is 0.0835. The van der Waals surface area contributed by atoms with Crippen molar-refractivity contribution in [1.82, 2.24) is 5.32 Å². The number of aliphatic carboxylic acids is 1. The maximum Gasteiger partial charge on any atom is 0.307 e. The van der Waals surface area contributed by atoms with E-state index in [4.69, 9.17) is 10.4 Å². The zero-order valence-electron chi connectivity index (χ0n) is 14.3. The van der Waals surface area contributed by atoms with Crippen molar-refractivity contribution < 1.29 is 23.1 Å². The number of rotatable bonds is 7. The lowest BCUT2D eigenvalue weighted by molar-refractivity contribution is -0.136. The summed E-state index contributed by atoms with van der Waals surface area (Å²) in [5, 5.41) is 19.9. The molecule has 1 amide bonds. The molecule has 1 fully saturated rings. The Hall–Kier alpha value is -2.40. The second-order valence-corrected chi connectivity index (χ2v) is 8.56. The first-order valence-corrected chi connectivity index (χ1v) is 10.2. The van der Waals surface area contributed by atoms with E-state index >= 15 is 0 Å². The number of carboxylic acids is 1. The van der Waals surface area contributed by atoms with Gasteiger partial charge in [-0.05, 0) is 36.5 Å². The Labute approximate surface area is 152 Å². The Bertz CT molecular complexity index is 796. The van der Waals surface area contributed by atoms with Gasteiger partial charge in [0.25, 0.3) is 0 Å². The number of nitrogens with one attached hydrogen (secondary N) is 1. The SMILES string of the molecule is N#CCNC(=O)C1CCCCC1CS(=O)(=O)c1ccc(CC(=O)O)cc1. The summed E-state index contributed by atoms with van der Waals surface area (Å²) >= 11 is 0. The van der Waals surface area contributed by atoms with Crippen molar-refractivity contribution in [3.8, 4) is 6.07 Å². The molecular weight excluding hydrogens is 356 g/mol. The van der Waals surface area contributed by atoms with Crippen molar-refractivity contribution in [3.05, 3.63) is 29.8 Å². The first-order chi connectivity index (χ1) is 12.3. The predicted molar refractivity (Wildman–Crippen MR) is 93.9 cm³/mol. The Morgan fingerprint density at radius 2 is 1.85 bits per heavy atom. The second-order valence-electron chi connectivity index (χ2n) is 6.52. The maximum atomic E-state index is 12.7. The average molecular weight is 378 g/mol. The Morgan fingerprint density at radius 1 is 1.19 bits per heavy atom. The standard InChI is InChI=1S/C18H22N2O5S/c19-9-10-20-18(23)16-4-2-1-3-14(16)12-26(24,25)15-7-5-13(6-8-15)11-17(21)22/h5-8,14,16H,1-4,10-12H2,(H,20,23)(H,21,22). The smallest absolute Gasteiger partial charge is 0.307 e. The lowest BCUT2D eigenvalue weighted by atomic mass is 9.80. The second kappa shape index (κ2) is 8.81. The highest BCUT2D eigenvalue weighted by Gasteiger charge is 2.34. The van der Waals surface area contributed by atoms with E-state index in [0.29, 0.717) is 18.4 Å². The first kappa shape index (κ1) is 19.9. The van der Waals surface area contributed by atoms with E-state index in [2.05, 4.69) is 5.32 Å². The summed E-state index contributed by atoms with van der Waals surface area (Å²) in [6.07, 6.45) is 2.85. The summed E-state index contributed by atoms with van der Waals surface area (Å²) in [5.41, 5.74) is 0.530. The molecule has 0 saturated heterocycles. The topological polar surface area (TPSA) is 124 Å². The quantitative estimate of drug-likeness (QED) is 0.693. The normalized spacial score (nSPS) is 20.1. The number of nitrogens with zero attached hydrogens (tertiary/aromatic N) is 1. The van der Waals surface area contributed by atoms with Gasteiger partial charge in [0.15, 0.2) is 9.84 Å². The molecule has 8 heteroatoms. The zero-order chi connectivity index (χ0) is 19.2. The van der Waals surface area contributed by atoms with Crippen molar-refractivity contribution in [3.63, 3.8) is 0 Å². The van der Waals surface area contributed by atoms with Crippen molar-refractivity contribution in [2.75, 3.05) is 12.3 Å². The fourth-order valence-electron chi connectivity index (χ4n) is 3.38. The number of benzene rings is 1. The third-order valence-electron chi connectivity index (χ3n) is 4.66. The fraction of sp³-hybridized carbons (Fsp3) is 0.500. The van der Waals surface area contributed by atoms with Crippen LogP contribution in [0.1, 0.15) is 31.2 Å². The van der Waals surface area contributed by atoms with E-state index in [0.717, 1.165) is 12.8 Å². The van der Waals surface area contributed by atoms with Gasteiger partial charge in [0.1, 0.15) is 6.54 Å². The number of hydrogen-bond donors (Lipinski definition) is 2. The molecule has 2 rings (SSSR count). The lowest BCUT2D eigenvalue weighted by Gasteiger charge is -2.30. The van der Waals surface area contributed by atoms with Crippen molar-refractivity contribution >= 4 is 21.7 Å². The van der Waals surface area contributed by atoms with E-state index in [1.807, 2.05) is 6.07 Å². The van der Waals surface area contributed by atoms with Crippen LogP contribution in [0.15, 0.2) is 29.2 Å². The van der Waals surface area contributed by atoms with Crippen LogP contribution in [-0.2, 0) is 25.8 Å². The Balaban J connectivity index is 2.11. The van der Waals surface area contributed by atoms with Crippen molar-refractivity contribution in [2.24, 2.45) is 11.8 Å². The molecule has 2 atom stereocenters. The molecule has 0 spiro atoms. The third-order valence-corrected chi connectivity index (χ3v) is 6.52. The van der Waals surface area contributed by atoms with Gasteiger partial charge in [-0.1, -0.05) is 25.0 Å². The van der Waals surface area contributed by atoms with Crippen LogP contribution in [0.5, 0.6) is 0 Å². The number of amides is 1. The van der Waals surface area contributed by atoms with Crippen LogP contribution in [0.2, 0.25) is 0 Å². The molecule has 0 radical (unpaired) electrons. The molecule has 1 aliphatic carbocycles. The molecule has 0 bridgehead atoms. The molecule has 140 valence electrons. The van der Waals surface area contributed by atoms with Crippen LogP contribution in [-0.4, -0.2) is 37.7 Å². The number of carbonyl (C=O) groups is 2. The van der Waals surface area contributed by atoms with Gasteiger partial charge in [-0.25, -0.2) is 8.42 Å². The Kier molecular flexibility index (Phi) is 6.75. The third kappa shape index (κ3) is 5.30. The van der Waals surface area contributed by atoms with Crippen LogP contribution < -0.4 is 5.32 Å². The van der Waals surface area contributed by atoms with E-state index in [1.165, 1.54) is 24.3 Å². The molecule has 2 unspecified atom stereocenters. The molecule has 1 aromatic carbocycles. The monoisotopic (exact) mass is 378 g/mol. The molecule has 0 heterocycles. The van der Waals surface area contributed by atoms with Gasteiger partial charge in [-0.2, -0.15) is 5.26 Å². The summed E-state index contributed by atoms with van der Waals surface area (Å²) in [6, 6.07) is 7.69. The number of sulfone groups is 1. The molecule has 0 aliphatic heterocycles. The molecule has 7 nitrogen and oxygen atoms in total. The summed E-state index contributed by atoms with van der Waals surface area (Å²) in [6.45, 7) is -0.0835. The van der Waals surface area contributed by atoms with Gasteiger partial charge < -0.3 is 10.4 Å². The number of carbonyl (C=O) groups excluding carboxylic acids is 1. The van der Waals surface area contributed by atoms with E-state index in [1.54, 1.807) is 0 Å². The highest BCUT2D eigenvalue weighted by molar-refractivity contribution is 7.91. The van der Waals surface area contributed by atoms with Gasteiger partial charge in [0, 0.05) is 5.92 Å². The minimum atomic E-state index is -3.58. The van der Waals surface area contributed by atoms with Crippen LogP contribution in [0.25, 0.3) is 0 Å². The van der Waals surface area contributed by atoms with Gasteiger partial charge in [-0.15, -0.1) is 0 Å². The highest BCUT2D eigenvalue weighted by atomic mass is 32.2. The van der Waals surface area contributed by atoms with E-state index in [9.17, 15) is 18.0 Å². The summed E-state index contributed by atoms with van der Waals surface area (Å²) in [7, 11) is -3.58. The molecular formula is C18H22N2O5S. The number of hydrogen-bond acceptors (Lipinski definition) is 5.